The molecule has 0 saturated heterocycles. The van der Waals surface area contributed by atoms with Gasteiger partial charge < -0.3 is 24.7 Å². The number of likely N-dealkylation sites (N-methyl/N-ethyl adjacent to an activating group) is 1. The van der Waals surface area contributed by atoms with Crippen LogP contribution in [-0.2, 0) is 11.2 Å². The van der Waals surface area contributed by atoms with E-state index in [0.29, 0.717) is 33.9 Å². The zero-order valence-electron chi connectivity index (χ0n) is 17.6. The van der Waals surface area contributed by atoms with E-state index in [4.69, 9.17) is 4.74 Å². The van der Waals surface area contributed by atoms with E-state index in [1.807, 2.05) is 0 Å². The van der Waals surface area contributed by atoms with Crippen LogP contribution in [0.4, 0.5) is 5.69 Å². The number of benzene rings is 2. The molecule has 0 bridgehead atoms. The van der Waals surface area contributed by atoms with Gasteiger partial charge in [0.2, 0.25) is 0 Å². The Morgan fingerprint density at radius 1 is 1.17 bits per heavy atom. The molecule has 1 aliphatic rings. The van der Waals surface area contributed by atoms with Crippen molar-refractivity contribution in [3.63, 3.8) is 0 Å². The van der Waals surface area contributed by atoms with E-state index in [1.165, 1.54) is 23.3 Å². The maximum Gasteiger partial charge on any atom is 0.262 e. The van der Waals surface area contributed by atoms with Crippen LogP contribution in [0.1, 0.15) is 42.6 Å². The highest BCUT2D eigenvalue weighted by Crippen LogP contribution is 2.39. The first-order valence-electron chi connectivity index (χ1n) is 10.0. The number of fused-ring (bicyclic) bond motifs is 1. The summed E-state index contributed by atoms with van der Waals surface area (Å²) in [5, 5.41) is 23.5. The molecule has 1 atom stereocenters. The molecule has 1 heterocycles. The first-order chi connectivity index (χ1) is 13.6. The summed E-state index contributed by atoms with van der Waals surface area (Å²) in [6.45, 7) is 5.59. The Balaban J connectivity index is 1.68. The molecule has 156 valence electrons. The van der Waals surface area contributed by atoms with Crippen LogP contribution in [0.2, 0.25) is 0 Å². The van der Waals surface area contributed by atoms with Gasteiger partial charge in [0, 0.05) is 18.1 Å². The molecule has 1 amide bonds. The topological polar surface area (TPSA) is 78.8 Å². The fraction of sp³-hybridized carbons (Fsp3) is 0.435. The number of aromatic hydroxyl groups is 1. The number of amides is 1. The molecule has 1 aliphatic heterocycles. The zero-order valence-corrected chi connectivity index (χ0v) is 17.6. The molecule has 0 aromatic heterocycles. The normalized spacial score (nSPS) is 14.9. The highest BCUT2D eigenvalue weighted by Gasteiger charge is 2.28. The minimum Gasteiger partial charge on any atom is -0.508 e. The fourth-order valence-electron chi connectivity index (χ4n) is 3.62. The van der Waals surface area contributed by atoms with Gasteiger partial charge in [-0.15, -0.1) is 0 Å². The molecule has 0 fully saturated rings. The molecular weight excluding hydrogens is 368 g/mol. The van der Waals surface area contributed by atoms with Gasteiger partial charge in [-0.25, -0.2) is 0 Å². The van der Waals surface area contributed by atoms with E-state index in [-0.39, 0.29) is 18.3 Å². The highest BCUT2D eigenvalue weighted by atomic mass is 16.5. The minimum atomic E-state index is -0.829. The predicted octanol–water partition coefficient (Wildman–Crippen LogP) is 3.20. The quantitative estimate of drug-likeness (QED) is 0.625. The SMILES string of the molecule is CC(C)c1ccc(CC[N+](C)(C)CC(O)c2cc(O)cc3c2OCC(=O)N3)cc1. The van der Waals surface area contributed by atoms with Crippen LogP contribution < -0.4 is 10.1 Å². The Morgan fingerprint density at radius 3 is 2.52 bits per heavy atom. The second-order valence-electron chi connectivity index (χ2n) is 8.75. The molecule has 0 aliphatic carbocycles. The summed E-state index contributed by atoms with van der Waals surface area (Å²) in [4.78, 5) is 11.5. The summed E-state index contributed by atoms with van der Waals surface area (Å²) in [7, 11) is 4.15. The maximum atomic E-state index is 11.5. The number of hydrogen-bond acceptors (Lipinski definition) is 4. The van der Waals surface area contributed by atoms with E-state index in [1.54, 1.807) is 0 Å². The van der Waals surface area contributed by atoms with Crippen LogP contribution >= 0.6 is 0 Å². The molecule has 29 heavy (non-hydrogen) atoms. The van der Waals surface area contributed by atoms with Crippen molar-refractivity contribution in [3.8, 4) is 11.5 Å². The van der Waals surface area contributed by atoms with Gasteiger partial charge in [-0.05, 0) is 23.1 Å². The number of aliphatic hydroxyl groups excluding tert-OH is 1. The average Bonchev–Trinajstić information content (AvgIpc) is 2.65. The Kier molecular flexibility index (Phi) is 6.15. The Morgan fingerprint density at radius 2 is 1.86 bits per heavy atom. The third-order valence-electron chi connectivity index (χ3n) is 5.40. The fourth-order valence-corrected chi connectivity index (χ4v) is 3.62. The Labute approximate surface area is 172 Å². The van der Waals surface area contributed by atoms with E-state index in [0.717, 1.165) is 13.0 Å². The highest BCUT2D eigenvalue weighted by molar-refractivity contribution is 5.96. The van der Waals surface area contributed by atoms with Gasteiger partial charge in [-0.2, -0.15) is 0 Å². The monoisotopic (exact) mass is 399 g/mol. The van der Waals surface area contributed by atoms with Gasteiger partial charge in [0.25, 0.3) is 5.91 Å². The van der Waals surface area contributed by atoms with Gasteiger partial charge in [-0.3, -0.25) is 4.79 Å². The molecule has 0 saturated carbocycles. The third kappa shape index (κ3) is 5.28. The molecule has 6 nitrogen and oxygen atoms in total. The summed E-state index contributed by atoms with van der Waals surface area (Å²) in [5.41, 5.74) is 3.49. The third-order valence-corrected chi connectivity index (χ3v) is 5.40. The molecule has 0 spiro atoms. The van der Waals surface area contributed by atoms with Crippen molar-refractivity contribution in [3.05, 3.63) is 53.1 Å². The van der Waals surface area contributed by atoms with Crippen molar-refractivity contribution in [1.29, 1.82) is 0 Å². The first kappa shape index (κ1) is 21.1. The first-order valence-corrected chi connectivity index (χ1v) is 10.0. The number of nitrogens with zero attached hydrogens (tertiary/aromatic N) is 1. The molecule has 2 aromatic rings. The lowest BCUT2D eigenvalue weighted by atomic mass is 10.0. The lowest BCUT2D eigenvalue weighted by Crippen LogP contribution is -2.44. The van der Waals surface area contributed by atoms with Crippen molar-refractivity contribution in [2.24, 2.45) is 0 Å². The molecule has 2 aromatic carbocycles. The number of quaternary nitrogens is 1. The number of ether oxygens (including phenoxy) is 1. The number of anilines is 1. The number of carbonyl (C=O) groups is 1. The Bertz CT molecular complexity index is 875. The standard InChI is InChI=1S/C23H30N2O4/c1-15(2)17-7-5-16(6-8-17)9-10-25(3,4)13-21(27)19-11-18(26)12-20-23(19)29-14-22(28)24-20/h5-8,11-12,15,21,27H,9-10,13-14H2,1-4H3,(H-,24,26,28)/p+1. The number of phenolic OH excluding ortho intramolecular Hbond substituents is 1. The number of carbonyl (C=O) groups excluding carboxylic acids is 1. The second kappa shape index (κ2) is 8.43. The van der Waals surface area contributed by atoms with Crippen molar-refractivity contribution in [1.82, 2.24) is 0 Å². The van der Waals surface area contributed by atoms with Gasteiger partial charge in [-0.1, -0.05) is 38.1 Å². The Hall–Kier alpha value is -2.57. The van der Waals surface area contributed by atoms with Gasteiger partial charge in [0.15, 0.2) is 6.61 Å². The van der Waals surface area contributed by atoms with Crippen LogP contribution in [0.15, 0.2) is 36.4 Å². The second-order valence-corrected chi connectivity index (χ2v) is 8.75. The van der Waals surface area contributed by atoms with Crippen molar-refractivity contribution in [2.75, 3.05) is 39.1 Å². The summed E-state index contributed by atoms with van der Waals surface area (Å²) in [6.07, 6.45) is 0.0761. The van der Waals surface area contributed by atoms with Crippen LogP contribution in [0.25, 0.3) is 0 Å². The molecule has 6 heteroatoms. The minimum absolute atomic E-state index is 0.0147. The summed E-state index contributed by atoms with van der Waals surface area (Å²) < 4.78 is 6.13. The summed E-state index contributed by atoms with van der Waals surface area (Å²) in [6, 6.07) is 11.6. The van der Waals surface area contributed by atoms with Gasteiger partial charge >= 0.3 is 0 Å². The van der Waals surface area contributed by atoms with Gasteiger partial charge in [0.1, 0.15) is 24.1 Å². The van der Waals surface area contributed by atoms with Crippen LogP contribution in [0.5, 0.6) is 11.5 Å². The largest absolute Gasteiger partial charge is 0.508 e. The predicted molar refractivity (Wildman–Crippen MR) is 113 cm³/mol. The molecule has 1 unspecified atom stereocenters. The number of phenols is 1. The van der Waals surface area contributed by atoms with E-state index < -0.39 is 6.10 Å². The lowest BCUT2D eigenvalue weighted by molar-refractivity contribution is -0.893. The van der Waals surface area contributed by atoms with E-state index in [9.17, 15) is 15.0 Å². The lowest BCUT2D eigenvalue weighted by Gasteiger charge is -2.33. The smallest absolute Gasteiger partial charge is 0.262 e. The summed E-state index contributed by atoms with van der Waals surface area (Å²) in [5.74, 6) is 0.660. The van der Waals surface area contributed by atoms with Crippen molar-refractivity contribution >= 4 is 11.6 Å². The molecule has 3 N–H and O–H groups in total. The molecular formula is C23H31N2O4+. The van der Waals surface area contributed by atoms with Crippen molar-refractivity contribution in [2.45, 2.75) is 32.3 Å². The molecule has 3 rings (SSSR count). The van der Waals surface area contributed by atoms with E-state index in [2.05, 4.69) is 57.5 Å². The number of aliphatic hydroxyl groups is 1. The van der Waals surface area contributed by atoms with Crippen LogP contribution in [0, 0.1) is 0 Å². The number of hydrogen-bond donors (Lipinski definition) is 3. The average molecular weight is 400 g/mol. The van der Waals surface area contributed by atoms with Gasteiger partial charge in [0.05, 0.1) is 26.3 Å². The number of nitrogens with one attached hydrogen (secondary N) is 1. The zero-order chi connectivity index (χ0) is 21.2. The van der Waals surface area contributed by atoms with E-state index >= 15 is 0 Å². The van der Waals surface area contributed by atoms with Crippen LogP contribution in [0.3, 0.4) is 0 Å². The maximum absolute atomic E-state index is 11.5. The summed E-state index contributed by atoms with van der Waals surface area (Å²) >= 11 is 0. The van der Waals surface area contributed by atoms with Crippen LogP contribution in [-0.4, -0.2) is 54.4 Å². The number of rotatable bonds is 7. The molecule has 0 radical (unpaired) electrons. The van der Waals surface area contributed by atoms with Crippen molar-refractivity contribution < 1.29 is 24.2 Å².